The molecule has 0 spiro atoms. The van der Waals surface area contributed by atoms with E-state index >= 15 is 0 Å². The van der Waals surface area contributed by atoms with Crippen LogP contribution in [0.2, 0.25) is 0 Å². The maximum Gasteiger partial charge on any atom is 0.133 e. The minimum absolute atomic E-state index is 0.467. The van der Waals surface area contributed by atoms with E-state index in [2.05, 4.69) is 4.98 Å². The number of likely N-dealkylation sites (N-methyl/N-ethyl adjacent to an activating group) is 1. The van der Waals surface area contributed by atoms with E-state index < -0.39 is 0 Å². The van der Waals surface area contributed by atoms with E-state index in [1.54, 1.807) is 12.4 Å². The Morgan fingerprint density at radius 3 is 2.71 bits per heavy atom. The van der Waals surface area contributed by atoms with Gasteiger partial charge in [0.25, 0.3) is 0 Å². The van der Waals surface area contributed by atoms with Gasteiger partial charge in [-0.3, -0.25) is 9.88 Å². The number of aromatic nitrogens is 1. The van der Waals surface area contributed by atoms with Gasteiger partial charge in [-0.05, 0) is 18.7 Å². The largest absolute Gasteiger partial charge is 0.302 e. The molecular weight excluding hydrogens is 176 g/mol. The van der Waals surface area contributed by atoms with E-state index in [-0.39, 0.29) is 0 Å². The highest BCUT2D eigenvalue weighted by molar-refractivity contribution is 5.51. The first kappa shape index (κ1) is 12.8. The van der Waals surface area contributed by atoms with Gasteiger partial charge in [-0.2, -0.15) is 0 Å². The van der Waals surface area contributed by atoms with Crippen LogP contribution >= 0.6 is 0 Å². The van der Waals surface area contributed by atoms with Gasteiger partial charge in [-0.25, -0.2) is 0 Å². The molecule has 1 aromatic heterocycles. The Morgan fingerprint density at radius 1 is 1.50 bits per heavy atom. The minimum Gasteiger partial charge on any atom is -0.302 e. The van der Waals surface area contributed by atoms with Gasteiger partial charge in [-0.1, -0.05) is 19.9 Å². The first-order valence-corrected chi connectivity index (χ1v) is 4.84. The molecule has 1 heterocycles. The van der Waals surface area contributed by atoms with Crippen molar-refractivity contribution in [3.8, 4) is 0 Å². The summed E-state index contributed by atoms with van der Waals surface area (Å²) in [5.41, 5.74) is 1.13. The topological polar surface area (TPSA) is 33.2 Å². The second-order valence-electron chi connectivity index (χ2n) is 2.72. The fourth-order valence-electron chi connectivity index (χ4n) is 0.995. The smallest absolute Gasteiger partial charge is 0.133 e. The van der Waals surface area contributed by atoms with E-state index in [0.29, 0.717) is 6.54 Å². The van der Waals surface area contributed by atoms with Gasteiger partial charge < -0.3 is 4.79 Å². The first-order valence-electron chi connectivity index (χ1n) is 4.84. The van der Waals surface area contributed by atoms with Gasteiger partial charge >= 0.3 is 0 Å². The molecule has 0 N–H and O–H groups in total. The standard InChI is InChI=1S/C9H12N2O.C2H6/c1-11(5-6-12)8-9-3-2-4-10-7-9;1-2/h2-4,6-7H,5,8H2,1H3;1-2H3. The molecule has 78 valence electrons. The van der Waals surface area contributed by atoms with Crippen molar-refractivity contribution >= 4 is 6.29 Å². The lowest BCUT2D eigenvalue weighted by Crippen LogP contribution is -2.19. The van der Waals surface area contributed by atoms with Crippen LogP contribution in [-0.2, 0) is 11.3 Å². The number of hydrogen-bond donors (Lipinski definition) is 0. The predicted octanol–water partition coefficient (Wildman–Crippen LogP) is 1.74. The SMILES string of the molecule is CC.CN(CC=O)Cc1cccnc1. The van der Waals surface area contributed by atoms with E-state index in [4.69, 9.17) is 0 Å². The molecule has 1 aromatic rings. The van der Waals surface area contributed by atoms with Gasteiger partial charge in [0.2, 0.25) is 0 Å². The van der Waals surface area contributed by atoms with Crippen molar-refractivity contribution in [1.29, 1.82) is 0 Å². The van der Waals surface area contributed by atoms with E-state index in [9.17, 15) is 4.79 Å². The van der Waals surface area contributed by atoms with Crippen LogP contribution in [0.1, 0.15) is 19.4 Å². The van der Waals surface area contributed by atoms with Crippen molar-refractivity contribution in [1.82, 2.24) is 9.88 Å². The zero-order chi connectivity index (χ0) is 10.8. The van der Waals surface area contributed by atoms with Crippen molar-refractivity contribution in [2.45, 2.75) is 20.4 Å². The Hall–Kier alpha value is -1.22. The third-order valence-corrected chi connectivity index (χ3v) is 1.56. The molecule has 0 radical (unpaired) electrons. The first-order chi connectivity index (χ1) is 6.83. The van der Waals surface area contributed by atoms with Crippen LogP contribution in [0.5, 0.6) is 0 Å². The summed E-state index contributed by atoms with van der Waals surface area (Å²) in [6.45, 7) is 5.24. The molecular formula is C11H18N2O. The summed E-state index contributed by atoms with van der Waals surface area (Å²) in [5, 5.41) is 0. The minimum atomic E-state index is 0.467. The third kappa shape index (κ3) is 5.43. The summed E-state index contributed by atoms with van der Waals surface area (Å²) < 4.78 is 0. The van der Waals surface area contributed by atoms with Crippen LogP contribution in [-0.4, -0.2) is 29.8 Å². The van der Waals surface area contributed by atoms with Crippen molar-refractivity contribution in [2.24, 2.45) is 0 Å². The molecule has 0 aromatic carbocycles. The van der Waals surface area contributed by atoms with Crippen LogP contribution in [0.25, 0.3) is 0 Å². The van der Waals surface area contributed by atoms with Crippen LogP contribution < -0.4 is 0 Å². The fourth-order valence-corrected chi connectivity index (χ4v) is 0.995. The average molecular weight is 194 g/mol. The number of pyridine rings is 1. The number of nitrogens with zero attached hydrogens (tertiary/aromatic N) is 2. The molecule has 3 heteroatoms. The van der Waals surface area contributed by atoms with E-state index in [0.717, 1.165) is 18.4 Å². The molecule has 0 bridgehead atoms. The third-order valence-electron chi connectivity index (χ3n) is 1.56. The predicted molar refractivity (Wildman–Crippen MR) is 58.0 cm³/mol. The Bertz CT molecular complexity index is 236. The summed E-state index contributed by atoms with van der Waals surface area (Å²) in [7, 11) is 1.90. The Balaban J connectivity index is 0.000000791. The lowest BCUT2D eigenvalue weighted by Gasteiger charge is -2.11. The average Bonchev–Trinajstić information content (AvgIpc) is 2.22. The Labute approximate surface area is 85.8 Å². The lowest BCUT2D eigenvalue weighted by molar-refractivity contribution is -0.108. The van der Waals surface area contributed by atoms with Gasteiger partial charge in [-0.15, -0.1) is 0 Å². The van der Waals surface area contributed by atoms with Crippen molar-refractivity contribution in [2.75, 3.05) is 13.6 Å². The molecule has 1 rings (SSSR count). The second-order valence-corrected chi connectivity index (χ2v) is 2.72. The molecule has 0 atom stereocenters. The number of carbonyl (C=O) groups excluding carboxylic acids is 1. The van der Waals surface area contributed by atoms with Gasteiger partial charge in [0.1, 0.15) is 6.29 Å². The highest BCUT2D eigenvalue weighted by atomic mass is 16.1. The van der Waals surface area contributed by atoms with Crippen LogP contribution in [0.15, 0.2) is 24.5 Å². The maximum absolute atomic E-state index is 10.1. The van der Waals surface area contributed by atoms with Gasteiger partial charge in [0.05, 0.1) is 6.54 Å². The molecule has 0 saturated carbocycles. The maximum atomic E-state index is 10.1. The normalized spacial score (nSPS) is 9.14. The molecule has 0 aliphatic heterocycles. The Morgan fingerprint density at radius 2 is 2.21 bits per heavy atom. The summed E-state index contributed by atoms with van der Waals surface area (Å²) >= 11 is 0. The van der Waals surface area contributed by atoms with Crippen LogP contribution in [0.3, 0.4) is 0 Å². The monoisotopic (exact) mass is 194 g/mol. The number of rotatable bonds is 4. The highest BCUT2D eigenvalue weighted by Gasteiger charge is 1.97. The van der Waals surface area contributed by atoms with Crippen LogP contribution in [0, 0.1) is 0 Å². The van der Waals surface area contributed by atoms with Crippen molar-refractivity contribution < 1.29 is 4.79 Å². The number of carbonyl (C=O) groups is 1. The summed E-state index contributed by atoms with van der Waals surface area (Å²) in [5.74, 6) is 0. The quantitative estimate of drug-likeness (QED) is 0.684. The van der Waals surface area contributed by atoms with Crippen molar-refractivity contribution in [3.05, 3.63) is 30.1 Å². The fraction of sp³-hybridized carbons (Fsp3) is 0.455. The molecule has 0 aliphatic carbocycles. The summed E-state index contributed by atoms with van der Waals surface area (Å²) in [4.78, 5) is 16.1. The van der Waals surface area contributed by atoms with Crippen LogP contribution in [0.4, 0.5) is 0 Å². The summed E-state index contributed by atoms with van der Waals surface area (Å²) in [6.07, 6.45) is 4.45. The van der Waals surface area contributed by atoms with Gasteiger partial charge in [0.15, 0.2) is 0 Å². The van der Waals surface area contributed by atoms with E-state index in [1.807, 2.05) is 37.9 Å². The Kier molecular flexibility index (Phi) is 7.65. The zero-order valence-corrected chi connectivity index (χ0v) is 9.10. The molecule has 0 unspecified atom stereocenters. The van der Waals surface area contributed by atoms with Crippen molar-refractivity contribution in [3.63, 3.8) is 0 Å². The molecule has 0 saturated heterocycles. The molecule has 14 heavy (non-hydrogen) atoms. The summed E-state index contributed by atoms with van der Waals surface area (Å²) in [6, 6.07) is 3.89. The van der Waals surface area contributed by atoms with E-state index in [1.165, 1.54) is 0 Å². The molecule has 3 nitrogen and oxygen atoms in total. The number of hydrogen-bond acceptors (Lipinski definition) is 3. The lowest BCUT2D eigenvalue weighted by atomic mass is 10.3. The van der Waals surface area contributed by atoms with Gasteiger partial charge in [0, 0.05) is 18.9 Å². The number of aldehydes is 1. The molecule has 0 fully saturated rings. The highest BCUT2D eigenvalue weighted by Crippen LogP contribution is 1.98. The molecule has 0 amide bonds. The molecule has 0 aliphatic rings. The zero-order valence-electron chi connectivity index (χ0n) is 9.10. The second kappa shape index (κ2) is 8.38.